The summed E-state index contributed by atoms with van der Waals surface area (Å²) in [5.74, 6) is 5.50. The number of carbonyl (C=O) groups excluding carboxylic acids is 2. The van der Waals surface area contributed by atoms with Gasteiger partial charge in [0.05, 0.1) is 17.9 Å². The van der Waals surface area contributed by atoms with E-state index in [4.69, 9.17) is 10.6 Å². The van der Waals surface area contributed by atoms with Crippen molar-refractivity contribution in [2.75, 3.05) is 23.5 Å². The van der Waals surface area contributed by atoms with Crippen molar-refractivity contribution in [2.24, 2.45) is 0 Å². The summed E-state index contributed by atoms with van der Waals surface area (Å²) in [6.45, 7) is 2.06. The van der Waals surface area contributed by atoms with Crippen molar-refractivity contribution in [2.45, 2.75) is 30.8 Å². The molecule has 0 unspecified atom stereocenters. The normalized spacial score (nSPS) is 13.7. The highest BCUT2D eigenvalue weighted by molar-refractivity contribution is 7.99. The Labute approximate surface area is 146 Å². The van der Waals surface area contributed by atoms with Crippen LogP contribution >= 0.6 is 23.1 Å². The molecular formula is C14H17N5O3S2. The van der Waals surface area contributed by atoms with E-state index in [-0.39, 0.29) is 17.6 Å². The van der Waals surface area contributed by atoms with Gasteiger partial charge in [-0.3, -0.25) is 4.79 Å². The zero-order valence-electron chi connectivity index (χ0n) is 13.0. The van der Waals surface area contributed by atoms with Crippen LogP contribution in [-0.2, 0) is 9.53 Å². The monoisotopic (exact) mass is 367 g/mol. The Hall–Kier alpha value is -2.07. The van der Waals surface area contributed by atoms with Gasteiger partial charge < -0.3 is 15.9 Å². The number of aromatic nitrogens is 3. The van der Waals surface area contributed by atoms with Gasteiger partial charge in [0, 0.05) is 0 Å². The van der Waals surface area contributed by atoms with Crippen molar-refractivity contribution >= 4 is 40.0 Å². The molecule has 0 spiro atoms. The first-order valence-corrected chi connectivity index (χ1v) is 9.33. The molecule has 0 bridgehead atoms. The number of hydrogen-bond acceptors (Lipinski definition) is 8. The summed E-state index contributed by atoms with van der Waals surface area (Å²) in [5, 5.41) is 13.2. The second-order valence-electron chi connectivity index (χ2n) is 5.25. The summed E-state index contributed by atoms with van der Waals surface area (Å²) in [6.07, 6.45) is 3.50. The second-order valence-corrected chi connectivity index (χ2v) is 7.07. The average molecular weight is 367 g/mol. The average Bonchev–Trinajstić information content (AvgIpc) is 3.19. The number of carbonyl (C=O) groups is 2. The van der Waals surface area contributed by atoms with Gasteiger partial charge in [-0.05, 0) is 36.6 Å². The predicted molar refractivity (Wildman–Crippen MR) is 91.8 cm³/mol. The zero-order chi connectivity index (χ0) is 17.1. The molecule has 1 saturated carbocycles. The number of thioether (sulfide) groups is 1. The Bertz CT molecular complexity index is 753. The van der Waals surface area contributed by atoms with Gasteiger partial charge in [0.2, 0.25) is 11.1 Å². The molecule has 1 aliphatic rings. The van der Waals surface area contributed by atoms with E-state index in [1.807, 2.05) is 5.38 Å². The first kappa shape index (κ1) is 16.8. The molecule has 2 aromatic heterocycles. The number of nitrogens with two attached hydrogens (primary N) is 1. The fourth-order valence-corrected chi connectivity index (χ4v) is 3.88. The molecule has 1 fully saturated rings. The number of nitrogen functional groups attached to an aromatic ring is 1. The van der Waals surface area contributed by atoms with Crippen molar-refractivity contribution in [1.82, 2.24) is 14.9 Å². The van der Waals surface area contributed by atoms with E-state index < -0.39 is 0 Å². The highest BCUT2D eigenvalue weighted by Gasteiger charge is 2.32. The Kier molecular flexibility index (Phi) is 5.05. The third-order valence-corrected chi connectivity index (χ3v) is 5.31. The van der Waals surface area contributed by atoms with E-state index in [1.165, 1.54) is 34.1 Å². The Morgan fingerprint density at radius 3 is 2.96 bits per heavy atom. The quantitative estimate of drug-likeness (QED) is 0.436. The van der Waals surface area contributed by atoms with E-state index in [0.717, 1.165) is 18.4 Å². The lowest BCUT2D eigenvalue weighted by molar-refractivity contribution is -0.113. The van der Waals surface area contributed by atoms with Crippen LogP contribution < -0.4 is 11.2 Å². The topological polar surface area (TPSA) is 112 Å². The largest absolute Gasteiger partial charge is 0.462 e. The minimum atomic E-state index is -0.384. The first-order chi connectivity index (χ1) is 11.6. The molecule has 0 aromatic carbocycles. The van der Waals surface area contributed by atoms with E-state index >= 15 is 0 Å². The van der Waals surface area contributed by atoms with E-state index in [9.17, 15) is 9.59 Å². The smallest absolute Gasteiger partial charge is 0.341 e. The molecule has 0 aliphatic heterocycles. The third kappa shape index (κ3) is 3.70. The van der Waals surface area contributed by atoms with Crippen LogP contribution in [0.15, 0.2) is 16.9 Å². The molecule has 1 amide bonds. The van der Waals surface area contributed by atoms with Crippen molar-refractivity contribution in [3.63, 3.8) is 0 Å². The van der Waals surface area contributed by atoms with Crippen LogP contribution in [0.1, 0.15) is 41.6 Å². The summed E-state index contributed by atoms with van der Waals surface area (Å²) in [5.41, 5.74) is 1.47. The summed E-state index contributed by atoms with van der Waals surface area (Å²) < 4.78 is 6.38. The highest BCUT2D eigenvalue weighted by Crippen LogP contribution is 2.46. The minimum Gasteiger partial charge on any atom is -0.462 e. The molecule has 3 rings (SSSR count). The number of nitrogens with zero attached hydrogens (tertiary/aromatic N) is 3. The van der Waals surface area contributed by atoms with Crippen LogP contribution in [0.5, 0.6) is 0 Å². The number of anilines is 1. The maximum atomic E-state index is 12.2. The second kappa shape index (κ2) is 7.22. The lowest BCUT2D eigenvalue weighted by atomic mass is 10.1. The van der Waals surface area contributed by atoms with Gasteiger partial charge in [0.1, 0.15) is 11.3 Å². The van der Waals surface area contributed by atoms with Crippen LogP contribution in [0.4, 0.5) is 5.00 Å². The lowest BCUT2D eigenvalue weighted by Crippen LogP contribution is -2.17. The predicted octanol–water partition coefficient (Wildman–Crippen LogP) is 1.84. The van der Waals surface area contributed by atoms with Gasteiger partial charge in [0.25, 0.3) is 0 Å². The summed E-state index contributed by atoms with van der Waals surface area (Å²) >= 11 is 2.53. The standard InChI is InChI=1S/C14H17N5O3S2/c1-2-22-13(21)11-9(8-3-4-8)5-23-12(11)17-10(20)6-24-14-18-16-7-19(14)15/h5,7-8H,2-4,6,15H2,1H3,(H,17,20). The number of amides is 1. The lowest BCUT2D eigenvalue weighted by Gasteiger charge is -2.08. The molecule has 2 heterocycles. The van der Waals surface area contributed by atoms with Gasteiger partial charge >= 0.3 is 5.97 Å². The SMILES string of the molecule is CCOC(=O)c1c(C2CC2)csc1NC(=O)CSc1nncn1N. The number of esters is 1. The van der Waals surface area contributed by atoms with Gasteiger partial charge in [-0.2, -0.15) is 0 Å². The molecule has 1 aliphatic carbocycles. The number of thiophene rings is 1. The van der Waals surface area contributed by atoms with Gasteiger partial charge in [-0.15, -0.1) is 21.5 Å². The third-order valence-electron chi connectivity index (χ3n) is 3.44. The summed E-state index contributed by atoms with van der Waals surface area (Å²) in [6, 6.07) is 0. The fourth-order valence-electron chi connectivity index (χ4n) is 2.20. The number of rotatable bonds is 7. The minimum absolute atomic E-state index is 0.120. The first-order valence-electron chi connectivity index (χ1n) is 7.46. The van der Waals surface area contributed by atoms with Crippen molar-refractivity contribution in [1.29, 1.82) is 0 Å². The van der Waals surface area contributed by atoms with E-state index in [0.29, 0.717) is 28.2 Å². The number of ether oxygens (including phenoxy) is 1. The molecule has 0 saturated heterocycles. The number of nitrogens with one attached hydrogen (secondary N) is 1. The van der Waals surface area contributed by atoms with E-state index in [1.54, 1.807) is 6.92 Å². The fraction of sp³-hybridized carbons (Fsp3) is 0.429. The maximum absolute atomic E-state index is 12.2. The van der Waals surface area contributed by atoms with Gasteiger partial charge in [-0.1, -0.05) is 11.8 Å². The van der Waals surface area contributed by atoms with Crippen LogP contribution in [-0.4, -0.2) is 39.1 Å². The molecule has 3 N–H and O–H groups in total. The van der Waals surface area contributed by atoms with E-state index in [2.05, 4.69) is 15.5 Å². The van der Waals surface area contributed by atoms with Crippen LogP contribution in [0.2, 0.25) is 0 Å². The Balaban J connectivity index is 1.68. The molecule has 0 radical (unpaired) electrons. The highest BCUT2D eigenvalue weighted by atomic mass is 32.2. The van der Waals surface area contributed by atoms with Gasteiger partial charge in [-0.25, -0.2) is 9.47 Å². The van der Waals surface area contributed by atoms with Crippen LogP contribution in [0, 0.1) is 0 Å². The molecule has 128 valence electrons. The molecular weight excluding hydrogens is 350 g/mol. The molecule has 0 atom stereocenters. The van der Waals surface area contributed by atoms with Crippen molar-refractivity contribution in [3.05, 3.63) is 22.8 Å². The van der Waals surface area contributed by atoms with Crippen LogP contribution in [0.25, 0.3) is 0 Å². The maximum Gasteiger partial charge on any atom is 0.341 e. The molecule has 2 aromatic rings. The summed E-state index contributed by atoms with van der Waals surface area (Å²) in [7, 11) is 0. The van der Waals surface area contributed by atoms with Crippen molar-refractivity contribution in [3.8, 4) is 0 Å². The van der Waals surface area contributed by atoms with Crippen molar-refractivity contribution < 1.29 is 14.3 Å². The molecule has 8 nitrogen and oxygen atoms in total. The molecule has 24 heavy (non-hydrogen) atoms. The zero-order valence-corrected chi connectivity index (χ0v) is 14.7. The number of hydrogen-bond donors (Lipinski definition) is 2. The summed E-state index contributed by atoms with van der Waals surface area (Å²) in [4.78, 5) is 24.4. The van der Waals surface area contributed by atoms with Crippen LogP contribution in [0.3, 0.4) is 0 Å². The molecule has 10 heteroatoms. The Morgan fingerprint density at radius 1 is 1.54 bits per heavy atom. The van der Waals surface area contributed by atoms with Gasteiger partial charge in [0.15, 0.2) is 0 Å². The Morgan fingerprint density at radius 2 is 2.33 bits per heavy atom.